The van der Waals surface area contributed by atoms with E-state index in [-0.39, 0.29) is 18.2 Å². The highest BCUT2D eigenvalue weighted by Gasteiger charge is 2.31. The van der Waals surface area contributed by atoms with Crippen molar-refractivity contribution in [2.75, 3.05) is 0 Å². The highest BCUT2D eigenvalue weighted by atomic mass is 19.4. The summed E-state index contributed by atoms with van der Waals surface area (Å²) in [6, 6.07) is 2.86. The molecule has 0 aromatic heterocycles. The SMILES string of the molecule is Fc1ccc(C(F)(F)F)cc1CNC1CCCCCC1. The molecule has 112 valence electrons. The van der Waals surface area contributed by atoms with E-state index in [9.17, 15) is 17.6 Å². The average molecular weight is 289 g/mol. The summed E-state index contributed by atoms with van der Waals surface area (Å²) in [5, 5.41) is 3.19. The van der Waals surface area contributed by atoms with E-state index in [1.54, 1.807) is 0 Å². The number of hydrogen-bond donors (Lipinski definition) is 1. The van der Waals surface area contributed by atoms with E-state index >= 15 is 0 Å². The number of halogens is 4. The highest BCUT2D eigenvalue weighted by Crippen LogP contribution is 2.30. The third kappa shape index (κ3) is 4.20. The lowest BCUT2D eigenvalue weighted by Crippen LogP contribution is -2.28. The van der Waals surface area contributed by atoms with Crippen LogP contribution in [0.4, 0.5) is 17.6 Å². The van der Waals surface area contributed by atoms with Gasteiger partial charge in [0.2, 0.25) is 0 Å². The molecule has 0 radical (unpaired) electrons. The Balaban J connectivity index is 2.01. The molecule has 0 aliphatic heterocycles. The number of rotatable bonds is 3. The summed E-state index contributed by atoms with van der Waals surface area (Å²) >= 11 is 0. The number of nitrogens with one attached hydrogen (secondary N) is 1. The predicted molar refractivity (Wildman–Crippen MR) is 69.7 cm³/mol. The summed E-state index contributed by atoms with van der Waals surface area (Å²) in [5.74, 6) is -0.584. The molecule has 0 amide bonds. The van der Waals surface area contributed by atoms with Gasteiger partial charge in [0, 0.05) is 18.2 Å². The minimum atomic E-state index is -4.43. The predicted octanol–water partition coefficient (Wildman–Crippen LogP) is 4.66. The van der Waals surface area contributed by atoms with Crippen molar-refractivity contribution in [3.05, 3.63) is 35.1 Å². The molecule has 2 rings (SSSR count). The van der Waals surface area contributed by atoms with Gasteiger partial charge in [0.05, 0.1) is 5.56 Å². The smallest absolute Gasteiger partial charge is 0.310 e. The highest BCUT2D eigenvalue weighted by molar-refractivity contribution is 5.27. The normalized spacial score (nSPS) is 18.0. The molecule has 1 N–H and O–H groups in total. The van der Waals surface area contributed by atoms with Gasteiger partial charge in [-0.25, -0.2) is 4.39 Å². The van der Waals surface area contributed by atoms with Crippen LogP contribution >= 0.6 is 0 Å². The largest absolute Gasteiger partial charge is 0.416 e. The van der Waals surface area contributed by atoms with E-state index in [0.29, 0.717) is 0 Å². The quantitative estimate of drug-likeness (QED) is 0.630. The van der Waals surface area contributed by atoms with Crippen LogP contribution in [0.2, 0.25) is 0 Å². The molecule has 5 heteroatoms. The summed E-state index contributed by atoms with van der Waals surface area (Å²) < 4.78 is 51.4. The van der Waals surface area contributed by atoms with Crippen LogP contribution in [0.25, 0.3) is 0 Å². The van der Waals surface area contributed by atoms with Crippen molar-refractivity contribution in [1.82, 2.24) is 5.32 Å². The Bertz CT molecular complexity index is 434. The molecule has 0 heterocycles. The second-order valence-electron chi connectivity index (χ2n) is 5.37. The topological polar surface area (TPSA) is 12.0 Å². The summed E-state index contributed by atoms with van der Waals surface area (Å²) in [4.78, 5) is 0. The Morgan fingerprint density at radius 3 is 2.30 bits per heavy atom. The zero-order valence-electron chi connectivity index (χ0n) is 11.3. The Morgan fingerprint density at radius 1 is 1.05 bits per heavy atom. The number of benzene rings is 1. The van der Waals surface area contributed by atoms with E-state index in [4.69, 9.17) is 0 Å². The van der Waals surface area contributed by atoms with Gasteiger partial charge in [0.1, 0.15) is 5.82 Å². The van der Waals surface area contributed by atoms with E-state index in [2.05, 4.69) is 5.32 Å². The van der Waals surface area contributed by atoms with Crippen LogP contribution in [0.1, 0.15) is 49.7 Å². The van der Waals surface area contributed by atoms with Crippen molar-refractivity contribution in [3.63, 3.8) is 0 Å². The van der Waals surface area contributed by atoms with E-state index in [1.807, 2.05) is 0 Å². The van der Waals surface area contributed by atoms with Crippen molar-refractivity contribution < 1.29 is 17.6 Å². The summed E-state index contributed by atoms with van der Waals surface area (Å²) in [6.45, 7) is 0.153. The fraction of sp³-hybridized carbons (Fsp3) is 0.600. The van der Waals surface area contributed by atoms with Crippen LogP contribution in [0, 0.1) is 5.82 Å². The average Bonchev–Trinajstić information content (AvgIpc) is 2.65. The van der Waals surface area contributed by atoms with E-state index in [1.165, 1.54) is 12.8 Å². The maximum Gasteiger partial charge on any atom is 0.416 e. The summed E-state index contributed by atoms with van der Waals surface area (Å²) in [6.07, 6.45) is 2.27. The van der Waals surface area contributed by atoms with Crippen LogP contribution in [-0.4, -0.2) is 6.04 Å². The summed E-state index contributed by atoms with van der Waals surface area (Å²) in [7, 11) is 0. The molecule has 1 aromatic rings. The minimum absolute atomic E-state index is 0.0871. The number of hydrogen-bond acceptors (Lipinski definition) is 1. The van der Waals surface area contributed by atoms with Gasteiger partial charge in [0.15, 0.2) is 0 Å². The molecule has 0 unspecified atom stereocenters. The van der Waals surface area contributed by atoms with Gasteiger partial charge in [-0.1, -0.05) is 25.7 Å². The maximum atomic E-state index is 13.6. The van der Waals surface area contributed by atoms with Gasteiger partial charge in [-0.15, -0.1) is 0 Å². The second-order valence-corrected chi connectivity index (χ2v) is 5.37. The molecule has 20 heavy (non-hydrogen) atoms. The van der Waals surface area contributed by atoms with Crippen molar-refractivity contribution in [2.45, 2.75) is 57.3 Å². The van der Waals surface area contributed by atoms with Gasteiger partial charge >= 0.3 is 6.18 Å². The molecule has 0 atom stereocenters. The van der Waals surface area contributed by atoms with Gasteiger partial charge in [-0.2, -0.15) is 13.2 Å². The molecule has 0 saturated heterocycles. The van der Waals surface area contributed by atoms with Crippen molar-refractivity contribution in [3.8, 4) is 0 Å². The molecule has 0 bridgehead atoms. The van der Waals surface area contributed by atoms with Crippen LogP contribution in [0.5, 0.6) is 0 Å². The first-order valence-corrected chi connectivity index (χ1v) is 7.06. The maximum absolute atomic E-state index is 13.6. The molecular weight excluding hydrogens is 270 g/mol. The van der Waals surface area contributed by atoms with Gasteiger partial charge in [0.25, 0.3) is 0 Å². The van der Waals surface area contributed by atoms with Crippen LogP contribution in [0.15, 0.2) is 18.2 Å². The first-order valence-electron chi connectivity index (χ1n) is 7.06. The number of alkyl halides is 3. The standard InChI is InChI=1S/C15H19F4N/c16-14-8-7-12(15(17,18)19)9-11(14)10-20-13-5-3-1-2-4-6-13/h7-9,13,20H,1-6,10H2. The zero-order chi connectivity index (χ0) is 14.6. The van der Waals surface area contributed by atoms with Crippen molar-refractivity contribution in [1.29, 1.82) is 0 Å². The van der Waals surface area contributed by atoms with Crippen LogP contribution < -0.4 is 5.32 Å². The Labute approximate surface area is 116 Å². The van der Waals surface area contributed by atoms with Gasteiger partial charge < -0.3 is 5.32 Å². The fourth-order valence-electron chi connectivity index (χ4n) is 2.62. The first-order chi connectivity index (χ1) is 9.47. The van der Waals surface area contributed by atoms with E-state index < -0.39 is 17.6 Å². The molecule has 1 fully saturated rings. The molecule has 1 aromatic carbocycles. The molecule has 1 aliphatic carbocycles. The lowest BCUT2D eigenvalue weighted by molar-refractivity contribution is -0.137. The lowest BCUT2D eigenvalue weighted by atomic mass is 10.1. The van der Waals surface area contributed by atoms with Gasteiger partial charge in [-0.3, -0.25) is 0 Å². The summed E-state index contributed by atoms with van der Waals surface area (Å²) in [5.41, 5.74) is -0.708. The molecule has 0 spiro atoms. The van der Waals surface area contributed by atoms with Crippen molar-refractivity contribution >= 4 is 0 Å². The monoisotopic (exact) mass is 289 g/mol. The van der Waals surface area contributed by atoms with Crippen molar-refractivity contribution in [2.24, 2.45) is 0 Å². The third-order valence-electron chi connectivity index (χ3n) is 3.81. The van der Waals surface area contributed by atoms with E-state index in [0.717, 1.165) is 43.9 Å². The first kappa shape index (κ1) is 15.3. The zero-order valence-corrected chi connectivity index (χ0v) is 11.3. The van der Waals surface area contributed by atoms with Gasteiger partial charge in [-0.05, 0) is 31.0 Å². The molecule has 1 nitrogen and oxygen atoms in total. The second kappa shape index (κ2) is 6.57. The van der Waals surface area contributed by atoms with Crippen LogP contribution in [-0.2, 0) is 12.7 Å². The minimum Gasteiger partial charge on any atom is -0.310 e. The molecular formula is C15H19F4N. The fourth-order valence-corrected chi connectivity index (χ4v) is 2.62. The third-order valence-corrected chi connectivity index (χ3v) is 3.81. The Hall–Kier alpha value is -1.10. The molecule has 1 aliphatic rings. The Morgan fingerprint density at radius 2 is 1.70 bits per heavy atom. The Kier molecular flexibility index (Phi) is 5.02. The van der Waals surface area contributed by atoms with Crippen LogP contribution in [0.3, 0.4) is 0 Å². The lowest BCUT2D eigenvalue weighted by Gasteiger charge is -2.17. The molecule has 1 saturated carbocycles.